The predicted octanol–water partition coefficient (Wildman–Crippen LogP) is 2.45. The first-order valence-electron chi connectivity index (χ1n) is 8.34. The van der Waals surface area contributed by atoms with Gasteiger partial charge in [0, 0.05) is 38.4 Å². The minimum atomic E-state index is -0.642. The van der Waals surface area contributed by atoms with Crippen LogP contribution in [0, 0.1) is 0 Å². The van der Waals surface area contributed by atoms with Gasteiger partial charge in [-0.15, -0.1) is 0 Å². The Labute approximate surface area is 132 Å². The van der Waals surface area contributed by atoms with E-state index in [1.54, 1.807) is 0 Å². The summed E-state index contributed by atoms with van der Waals surface area (Å²) in [5.41, 5.74) is 2.32. The lowest BCUT2D eigenvalue weighted by Crippen LogP contribution is -2.55. The molecule has 0 aromatic carbocycles. The van der Waals surface area contributed by atoms with Crippen molar-refractivity contribution in [1.82, 2.24) is 9.88 Å². The zero-order valence-corrected chi connectivity index (χ0v) is 13.5. The summed E-state index contributed by atoms with van der Waals surface area (Å²) in [6.45, 7) is 8.82. The minimum Gasteiger partial charge on any atom is -0.373 e. The fourth-order valence-electron chi connectivity index (χ4n) is 3.09. The highest BCUT2D eigenvalue weighted by Crippen LogP contribution is 2.22. The second-order valence-corrected chi connectivity index (χ2v) is 6.51. The number of hydrogen-bond acceptors (Lipinski definition) is 4. The topological polar surface area (TPSA) is 28.6 Å². The second kappa shape index (κ2) is 6.92. The van der Waals surface area contributed by atoms with Crippen LogP contribution in [0.2, 0.25) is 0 Å². The summed E-state index contributed by atoms with van der Waals surface area (Å²) in [6.07, 6.45) is 2.61. The van der Waals surface area contributed by atoms with Crippen LogP contribution in [0.3, 0.4) is 0 Å². The number of morpholine rings is 1. The van der Waals surface area contributed by atoms with Crippen LogP contribution in [0.25, 0.3) is 0 Å². The number of anilines is 1. The van der Waals surface area contributed by atoms with Crippen molar-refractivity contribution in [3.8, 4) is 0 Å². The van der Waals surface area contributed by atoms with Crippen molar-refractivity contribution in [3.63, 3.8) is 0 Å². The van der Waals surface area contributed by atoms with Crippen LogP contribution in [0.15, 0.2) is 18.3 Å². The molecule has 0 aliphatic carbocycles. The molecule has 2 saturated heterocycles. The minimum absolute atomic E-state index is 0.162. The van der Waals surface area contributed by atoms with Gasteiger partial charge in [0.2, 0.25) is 0 Å². The maximum atomic E-state index is 12.9. The highest BCUT2D eigenvalue weighted by molar-refractivity contribution is 5.45. The van der Waals surface area contributed by atoms with Gasteiger partial charge in [-0.2, -0.15) is 0 Å². The summed E-state index contributed by atoms with van der Waals surface area (Å²) in [5.74, 6) is 0.506. The molecule has 0 N–H and O–H groups in total. The lowest BCUT2D eigenvalue weighted by molar-refractivity contribution is -0.0202. The van der Waals surface area contributed by atoms with Crippen LogP contribution in [0.4, 0.5) is 10.1 Å². The van der Waals surface area contributed by atoms with Crippen molar-refractivity contribution in [2.45, 2.75) is 38.5 Å². The third kappa shape index (κ3) is 3.58. The monoisotopic (exact) mass is 307 g/mol. The van der Waals surface area contributed by atoms with Crippen LogP contribution in [-0.2, 0) is 4.74 Å². The first-order chi connectivity index (χ1) is 10.7. The van der Waals surface area contributed by atoms with Crippen molar-refractivity contribution >= 4 is 5.69 Å². The van der Waals surface area contributed by atoms with E-state index in [0.717, 1.165) is 44.0 Å². The molecule has 3 heterocycles. The molecule has 1 aromatic heterocycles. The molecule has 2 aliphatic rings. The Hall–Kier alpha value is -1.20. The summed E-state index contributed by atoms with van der Waals surface area (Å²) < 4.78 is 18.7. The number of pyridine rings is 1. The molecule has 0 radical (unpaired) electrons. The number of nitrogens with zero attached hydrogens (tertiary/aromatic N) is 3. The Morgan fingerprint density at radius 3 is 2.82 bits per heavy atom. The zero-order chi connectivity index (χ0) is 15.5. The van der Waals surface area contributed by atoms with Crippen molar-refractivity contribution in [3.05, 3.63) is 24.0 Å². The predicted molar refractivity (Wildman–Crippen MR) is 86.2 cm³/mol. The third-order valence-corrected chi connectivity index (χ3v) is 4.77. The number of halogens is 1. The Bertz CT molecular complexity index is 475. The van der Waals surface area contributed by atoms with E-state index in [0.29, 0.717) is 19.0 Å². The fourth-order valence-corrected chi connectivity index (χ4v) is 3.09. The third-order valence-electron chi connectivity index (χ3n) is 4.77. The van der Waals surface area contributed by atoms with Crippen molar-refractivity contribution in [2.75, 3.05) is 44.2 Å². The van der Waals surface area contributed by atoms with Gasteiger partial charge in [-0.1, -0.05) is 13.8 Å². The van der Waals surface area contributed by atoms with Gasteiger partial charge < -0.3 is 9.64 Å². The molecule has 0 bridgehead atoms. The van der Waals surface area contributed by atoms with Gasteiger partial charge in [-0.05, 0) is 24.5 Å². The molecule has 0 spiro atoms. The molecule has 122 valence electrons. The van der Waals surface area contributed by atoms with Crippen LogP contribution in [-0.4, -0.2) is 61.5 Å². The second-order valence-electron chi connectivity index (χ2n) is 6.51. The van der Waals surface area contributed by atoms with E-state index >= 15 is 0 Å². The maximum Gasteiger partial charge on any atom is 0.125 e. The number of rotatable bonds is 5. The van der Waals surface area contributed by atoms with E-state index in [1.807, 2.05) is 6.20 Å². The molecule has 3 rings (SSSR count). The molecule has 1 unspecified atom stereocenters. The van der Waals surface area contributed by atoms with E-state index < -0.39 is 6.17 Å². The fraction of sp³-hybridized carbons (Fsp3) is 0.706. The van der Waals surface area contributed by atoms with E-state index in [4.69, 9.17) is 4.74 Å². The van der Waals surface area contributed by atoms with Gasteiger partial charge in [-0.3, -0.25) is 9.88 Å². The molecule has 4 nitrogen and oxygen atoms in total. The smallest absolute Gasteiger partial charge is 0.125 e. The van der Waals surface area contributed by atoms with E-state index in [2.05, 4.69) is 40.8 Å². The molecule has 2 fully saturated rings. The highest BCUT2D eigenvalue weighted by atomic mass is 19.1. The van der Waals surface area contributed by atoms with E-state index in [-0.39, 0.29) is 6.10 Å². The molecule has 2 atom stereocenters. The summed E-state index contributed by atoms with van der Waals surface area (Å²) in [5, 5.41) is 0. The van der Waals surface area contributed by atoms with Gasteiger partial charge in [-0.25, -0.2) is 4.39 Å². The van der Waals surface area contributed by atoms with Gasteiger partial charge in [0.15, 0.2) is 0 Å². The number of likely N-dealkylation sites (tertiary alicyclic amines) is 1. The highest BCUT2D eigenvalue weighted by Gasteiger charge is 2.30. The molecular weight excluding hydrogens is 281 g/mol. The van der Waals surface area contributed by atoms with Gasteiger partial charge in [0.05, 0.1) is 24.6 Å². The number of ether oxygens (including phenoxy) is 1. The largest absolute Gasteiger partial charge is 0.373 e. The van der Waals surface area contributed by atoms with Gasteiger partial charge in [0.1, 0.15) is 6.17 Å². The number of aromatic nitrogens is 1. The molecule has 22 heavy (non-hydrogen) atoms. The van der Waals surface area contributed by atoms with Crippen molar-refractivity contribution < 1.29 is 9.13 Å². The maximum absolute atomic E-state index is 12.9. The lowest BCUT2D eigenvalue weighted by atomic mass is 10.0. The van der Waals surface area contributed by atoms with E-state index in [9.17, 15) is 4.39 Å². The van der Waals surface area contributed by atoms with Crippen LogP contribution in [0.5, 0.6) is 0 Å². The first-order valence-corrected chi connectivity index (χ1v) is 8.34. The Kier molecular flexibility index (Phi) is 4.93. The van der Waals surface area contributed by atoms with Crippen LogP contribution in [0.1, 0.15) is 31.9 Å². The summed E-state index contributed by atoms with van der Waals surface area (Å²) in [7, 11) is 0. The number of alkyl halides is 1. The molecule has 2 aliphatic heterocycles. The Balaban J connectivity index is 1.57. The normalized spacial score (nSPS) is 25.0. The average molecular weight is 307 g/mol. The summed E-state index contributed by atoms with van der Waals surface area (Å²) in [6, 6.07) is 4.30. The quantitative estimate of drug-likeness (QED) is 0.835. The SMILES string of the molecule is CCC(C)c1ccc(N2CCO[C@H](CN3CC(F)C3)C2)cn1. The summed E-state index contributed by atoms with van der Waals surface area (Å²) >= 11 is 0. The lowest BCUT2D eigenvalue weighted by Gasteiger charge is -2.40. The van der Waals surface area contributed by atoms with Gasteiger partial charge in [0.25, 0.3) is 0 Å². The molecule has 0 amide bonds. The Morgan fingerprint density at radius 1 is 1.36 bits per heavy atom. The zero-order valence-electron chi connectivity index (χ0n) is 13.5. The van der Waals surface area contributed by atoms with Crippen LogP contribution < -0.4 is 4.90 Å². The molecule has 0 saturated carbocycles. The molecule has 5 heteroatoms. The number of hydrogen-bond donors (Lipinski definition) is 0. The molecule has 1 aromatic rings. The van der Waals surface area contributed by atoms with Crippen molar-refractivity contribution in [1.29, 1.82) is 0 Å². The average Bonchev–Trinajstić information content (AvgIpc) is 2.53. The summed E-state index contributed by atoms with van der Waals surface area (Å²) in [4.78, 5) is 9.06. The Morgan fingerprint density at radius 2 is 2.18 bits per heavy atom. The van der Waals surface area contributed by atoms with Crippen LogP contribution >= 0.6 is 0 Å². The standard InChI is InChI=1S/C17H26FN3O/c1-3-13(2)17-5-4-15(8-19-17)21-6-7-22-16(12-21)11-20-9-14(18)10-20/h4-5,8,13-14,16H,3,6-7,9-12H2,1-2H3/t13?,16-/m1/s1. The van der Waals surface area contributed by atoms with Crippen molar-refractivity contribution in [2.24, 2.45) is 0 Å². The van der Waals surface area contributed by atoms with Gasteiger partial charge >= 0.3 is 0 Å². The first kappa shape index (κ1) is 15.7. The van der Waals surface area contributed by atoms with E-state index in [1.165, 1.54) is 0 Å². The molecular formula is C17H26FN3O.